The van der Waals surface area contributed by atoms with Crippen LogP contribution in [0.1, 0.15) is 42.4 Å². The summed E-state index contributed by atoms with van der Waals surface area (Å²) in [6, 6.07) is 17.1. The number of carbonyl (C=O) groups is 1. The number of anilines is 1. The molecule has 28 heavy (non-hydrogen) atoms. The van der Waals surface area contributed by atoms with E-state index in [1.54, 1.807) is 0 Å². The molecule has 4 nitrogen and oxygen atoms in total. The number of carbonyl (C=O) groups excluding carboxylic acids is 1. The van der Waals surface area contributed by atoms with Gasteiger partial charge in [0.1, 0.15) is 0 Å². The molecule has 0 aliphatic carbocycles. The molecular weight excluding hydrogens is 348 g/mol. The van der Waals surface area contributed by atoms with E-state index in [0.29, 0.717) is 0 Å². The van der Waals surface area contributed by atoms with Crippen molar-refractivity contribution in [2.45, 2.75) is 50.8 Å². The first-order valence-electron chi connectivity index (χ1n) is 10.3. The zero-order chi connectivity index (χ0) is 19.1. The van der Waals surface area contributed by atoms with E-state index in [2.05, 4.69) is 41.3 Å². The molecule has 3 heterocycles. The second-order valence-electron chi connectivity index (χ2n) is 8.12. The van der Waals surface area contributed by atoms with E-state index in [4.69, 9.17) is 0 Å². The van der Waals surface area contributed by atoms with Gasteiger partial charge in [0.15, 0.2) is 0 Å². The summed E-state index contributed by atoms with van der Waals surface area (Å²) in [6.07, 6.45) is 7.41. The van der Waals surface area contributed by atoms with E-state index in [1.165, 1.54) is 16.7 Å². The van der Waals surface area contributed by atoms with Crippen LogP contribution in [0.4, 0.5) is 10.5 Å². The van der Waals surface area contributed by atoms with Crippen LogP contribution in [0.25, 0.3) is 5.57 Å². The van der Waals surface area contributed by atoms with Gasteiger partial charge < -0.3 is 10.0 Å². The topological polar surface area (TPSA) is 43.8 Å². The molecule has 2 amide bonds. The van der Waals surface area contributed by atoms with Crippen LogP contribution in [0.15, 0.2) is 54.6 Å². The van der Waals surface area contributed by atoms with Crippen molar-refractivity contribution in [3.05, 3.63) is 71.3 Å². The highest BCUT2D eigenvalue weighted by Gasteiger charge is 2.42. The number of rotatable bonds is 2. The standard InChI is InChI=1S/C24H26N2O2/c27-16-17-7-9-18(10-8-17)20-14-21-11-12-22(15-20)26(21)24(28)25-13-3-5-19-4-1-2-6-23(19)25/h1-2,4,6-10,14,21-22,27H,3,5,11-13,15-16H2. The van der Waals surface area contributed by atoms with Crippen LogP contribution in [-0.4, -0.2) is 34.7 Å². The Morgan fingerprint density at radius 1 is 1.07 bits per heavy atom. The maximum atomic E-state index is 13.5. The van der Waals surface area contributed by atoms with Crippen molar-refractivity contribution in [2.75, 3.05) is 11.4 Å². The van der Waals surface area contributed by atoms with Gasteiger partial charge in [-0.2, -0.15) is 0 Å². The second-order valence-corrected chi connectivity index (χ2v) is 8.12. The highest BCUT2D eigenvalue weighted by molar-refractivity contribution is 5.94. The molecule has 5 rings (SSSR count). The van der Waals surface area contributed by atoms with Crippen LogP contribution < -0.4 is 4.90 Å². The minimum absolute atomic E-state index is 0.0736. The van der Waals surface area contributed by atoms with Crippen molar-refractivity contribution in [2.24, 2.45) is 0 Å². The van der Waals surface area contributed by atoms with E-state index >= 15 is 0 Å². The summed E-state index contributed by atoms with van der Waals surface area (Å²) in [5.41, 5.74) is 5.85. The number of hydrogen-bond donors (Lipinski definition) is 1. The average Bonchev–Trinajstić information content (AvgIpc) is 3.02. The number of aliphatic hydroxyl groups excluding tert-OH is 1. The number of fused-ring (bicyclic) bond motifs is 3. The predicted octanol–water partition coefficient (Wildman–Crippen LogP) is 4.37. The Kier molecular flexibility index (Phi) is 4.44. The lowest BCUT2D eigenvalue weighted by molar-refractivity contribution is 0.186. The molecule has 3 aliphatic heterocycles. The Hall–Kier alpha value is -2.59. The molecule has 0 saturated carbocycles. The van der Waals surface area contributed by atoms with Gasteiger partial charge in [0.05, 0.1) is 12.6 Å². The van der Waals surface area contributed by atoms with Gasteiger partial charge in [0, 0.05) is 18.3 Å². The fraction of sp³-hybridized carbons (Fsp3) is 0.375. The van der Waals surface area contributed by atoms with Gasteiger partial charge in [-0.3, -0.25) is 4.90 Å². The molecule has 144 valence electrons. The second kappa shape index (κ2) is 7.10. The van der Waals surface area contributed by atoms with E-state index in [0.717, 1.165) is 49.9 Å². The van der Waals surface area contributed by atoms with Crippen LogP contribution in [0.2, 0.25) is 0 Å². The number of amides is 2. The summed E-state index contributed by atoms with van der Waals surface area (Å²) in [5.74, 6) is 0. The van der Waals surface area contributed by atoms with Crippen molar-refractivity contribution in [3.63, 3.8) is 0 Å². The summed E-state index contributed by atoms with van der Waals surface area (Å²) in [4.78, 5) is 17.6. The summed E-state index contributed by atoms with van der Waals surface area (Å²) >= 11 is 0. The van der Waals surface area contributed by atoms with Gasteiger partial charge in [0.2, 0.25) is 0 Å². The monoisotopic (exact) mass is 374 g/mol. The molecule has 2 atom stereocenters. The van der Waals surface area contributed by atoms with Crippen molar-refractivity contribution in [1.29, 1.82) is 0 Å². The molecule has 2 aromatic rings. The molecule has 3 aliphatic rings. The maximum absolute atomic E-state index is 13.5. The third-order valence-electron chi connectivity index (χ3n) is 6.46. The number of urea groups is 1. The first kappa shape index (κ1) is 17.5. The lowest BCUT2D eigenvalue weighted by atomic mass is 9.94. The van der Waals surface area contributed by atoms with Gasteiger partial charge in [-0.25, -0.2) is 4.79 Å². The van der Waals surface area contributed by atoms with Crippen LogP contribution in [0.3, 0.4) is 0 Å². The zero-order valence-corrected chi connectivity index (χ0v) is 16.1. The highest BCUT2D eigenvalue weighted by Crippen LogP contribution is 2.40. The highest BCUT2D eigenvalue weighted by atomic mass is 16.3. The molecule has 1 saturated heterocycles. The molecule has 4 heteroatoms. The van der Waals surface area contributed by atoms with Gasteiger partial charge in [-0.05, 0) is 60.4 Å². The van der Waals surface area contributed by atoms with E-state index in [-0.39, 0.29) is 24.7 Å². The van der Waals surface area contributed by atoms with Crippen molar-refractivity contribution in [3.8, 4) is 0 Å². The van der Waals surface area contributed by atoms with Gasteiger partial charge in [-0.15, -0.1) is 0 Å². The van der Waals surface area contributed by atoms with E-state index in [1.807, 2.05) is 23.1 Å². The largest absolute Gasteiger partial charge is 0.392 e. The molecule has 2 aromatic carbocycles. The summed E-state index contributed by atoms with van der Waals surface area (Å²) in [6.45, 7) is 0.884. The maximum Gasteiger partial charge on any atom is 0.325 e. The molecule has 1 fully saturated rings. The number of para-hydroxylation sites is 1. The van der Waals surface area contributed by atoms with Crippen molar-refractivity contribution in [1.82, 2.24) is 4.90 Å². The molecule has 0 radical (unpaired) electrons. The molecule has 0 aromatic heterocycles. The average molecular weight is 374 g/mol. The Labute approximate surface area is 166 Å². The molecule has 2 unspecified atom stereocenters. The van der Waals surface area contributed by atoms with Crippen molar-refractivity contribution >= 4 is 17.3 Å². The van der Waals surface area contributed by atoms with Gasteiger partial charge in [0.25, 0.3) is 0 Å². The fourth-order valence-electron chi connectivity index (χ4n) is 5.04. The van der Waals surface area contributed by atoms with Gasteiger partial charge >= 0.3 is 6.03 Å². The first-order valence-corrected chi connectivity index (χ1v) is 10.3. The fourth-order valence-corrected chi connectivity index (χ4v) is 5.04. The minimum atomic E-state index is 0.0736. The summed E-state index contributed by atoms with van der Waals surface area (Å²) in [7, 11) is 0. The Bertz CT molecular complexity index is 918. The quantitative estimate of drug-likeness (QED) is 0.848. The number of aliphatic hydroxyl groups is 1. The van der Waals surface area contributed by atoms with Crippen LogP contribution in [0.5, 0.6) is 0 Å². The van der Waals surface area contributed by atoms with Crippen LogP contribution >= 0.6 is 0 Å². The molecule has 2 bridgehead atoms. The van der Waals surface area contributed by atoms with E-state index < -0.39 is 0 Å². The number of hydrogen-bond acceptors (Lipinski definition) is 2. The minimum Gasteiger partial charge on any atom is -0.392 e. The Morgan fingerprint density at radius 3 is 2.68 bits per heavy atom. The third kappa shape index (κ3) is 2.92. The lowest BCUT2D eigenvalue weighted by Crippen LogP contribution is -2.51. The molecule has 0 spiro atoms. The first-order chi connectivity index (χ1) is 13.7. The Balaban J connectivity index is 1.41. The molecular formula is C24H26N2O2. The summed E-state index contributed by atoms with van der Waals surface area (Å²) in [5, 5.41) is 9.26. The van der Waals surface area contributed by atoms with Crippen molar-refractivity contribution < 1.29 is 9.90 Å². The number of aryl methyl sites for hydroxylation is 1. The number of nitrogens with zero attached hydrogens (tertiary/aromatic N) is 2. The summed E-state index contributed by atoms with van der Waals surface area (Å²) < 4.78 is 0. The lowest BCUT2D eigenvalue weighted by Gasteiger charge is -2.39. The third-order valence-corrected chi connectivity index (χ3v) is 6.46. The predicted molar refractivity (Wildman–Crippen MR) is 111 cm³/mol. The van der Waals surface area contributed by atoms with Crippen LogP contribution in [-0.2, 0) is 13.0 Å². The smallest absolute Gasteiger partial charge is 0.325 e. The van der Waals surface area contributed by atoms with Crippen LogP contribution in [0, 0.1) is 0 Å². The normalized spacial score (nSPS) is 23.4. The Morgan fingerprint density at radius 2 is 1.89 bits per heavy atom. The molecule has 1 N–H and O–H groups in total. The number of benzene rings is 2. The van der Waals surface area contributed by atoms with Gasteiger partial charge in [-0.1, -0.05) is 48.5 Å². The SMILES string of the molecule is O=C(N1CCCc2ccccc21)N1C2C=C(c3ccc(CO)cc3)CC1CC2. The zero-order valence-electron chi connectivity index (χ0n) is 16.1. The van der Waals surface area contributed by atoms with E-state index in [9.17, 15) is 9.90 Å².